The van der Waals surface area contributed by atoms with Crippen LogP contribution in [0.15, 0.2) is 0 Å². The van der Waals surface area contributed by atoms with Crippen molar-refractivity contribution in [2.45, 2.75) is 40.2 Å². The van der Waals surface area contributed by atoms with Crippen LogP contribution in [0.4, 0.5) is 0 Å². The summed E-state index contributed by atoms with van der Waals surface area (Å²) in [5, 5.41) is 1.05. The van der Waals surface area contributed by atoms with Gasteiger partial charge in [0.1, 0.15) is 0 Å². The van der Waals surface area contributed by atoms with Gasteiger partial charge in [0.2, 0.25) is 0 Å². The zero-order valence-electron chi connectivity index (χ0n) is 8.64. The minimum absolute atomic E-state index is 0.360. The van der Waals surface area contributed by atoms with Crippen LogP contribution in [0.2, 0.25) is 0 Å². The van der Waals surface area contributed by atoms with Crippen LogP contribution in [0, 0.1) is 11.8 Å². The quantitative estimate of drug-likeness (QED) is 0.643. The minimum Gasteiger partial charge on any atom is -0.378 e. The van der Waals surface area contributed by atoms with Crippen molar-refractivity contribution in [1.29, 1.82) is 0 Å². The summed E-state index contributed by atoms with van der Waals surface area (Å²) in [6, 6.07) is 0. The van der Waals surface area contributed by atoms with Crippen LogP contribution in [0.25, 0.3) is 0 Å². The molecule has 0 amide bonds. The molecular weight excluding hydrogens is 216 g/mol. The summed E-state index contributed by atoms with van der Waals surface area (Å²) in [5.74, 6) is 1.44. The highest BCUT2D eigenvalue weighted by molar-refractivity contribution is 9.09. The average molecular weight is 237 g/mol. The lowest BCUT2D eigenvalue weighted by atomic mass is 10.00. The van der Waals surface area contributed by atoms with Gasteiger partial charge in [0, 0.05) is 5.33 Å². The first-order valence-corrected chi connectivity index (χ1v) is 5.86. The highest BCUT2D eigenvalue weighted by Crippen LogP contribution is 2.15. The Bertz CT molecular complexity index is 102. The minimum atomic E-state index is 0.360. The van der Waals surface area contributed by atoms with Gasteiger partial charge >= 0.3 is 0 Å². The van der Waals surface area contributed by atoms with Crippen LogP contribution >= 0.6 is 15.9 Å². The van der Waals surface area contributed by atoms with Crippen LogP contribution in [0.1, 0.15) is 34.1 Å². The molecule has 1 nitrogen and oxygen atoms in total. The normalized spacial score (nSPS) is 14.2. The number of halogens is 1. The van der Waals surface area contributed by atoms with Crippen LogP contribution < -0.4 is 0 Å². The summed E-state index contributed by atoms with van der Waals surface area (Å²) in [6.07, 6.45) is 1.61. The van der Waals surface area contributed by atoms with Crippen molar-refractivity contribution in [3.63, 3.8) is 0 Å². The van der Waals surface area contributed by atoms with E-state index in [1.54, 1.807) is 0 Å². The molecule has 0 radical (unpaired) electrons. The van der Waals surface area contributed by atoms with Gasteiger partial charge < -0.3 is 4.74 Å². The maximum absolute atomic E-state index is 5.57. The molecule has 0 aliphatic heterocycles. The summed E-state index contributed by atoms with van der Waals surface area (Å²) < 4.78 is 5.57. The SMILES string of the molecule is CC(C)CC(CBr)COC(C)C. The highest BCUT2D eigenvalue weighted by atomic mass is 79.9. The third-order valence-electron chi connectivity index (χ3n) is 1.69. The van der Waals surface area contributed by atoms with E-state index in [1.165, 1.54) is 6.42 Å². The van der Waals surface area contributed by atoms with Crippen molar-refractivity contribution in [2.75, 3.05) is 11.9 Å². The Hall–Kier alpha value is 0.440. The van der Waals surface area contributed by atoms with E-state index in [4.69, 9.17) is 4.74 Å². The van der Waals surface area contributed by atoms with E-state index in [0.29, 0.717) is 12.0 Å². The molecule has 0 N–H and O–H groups in total. The van der Waals surface area contributed by atoms with Crippen LogP contribution in [0.5, 0.6) is 0 Å². The van der Waals surface area contributed by atoms with E-state index in [9.17, 15) is 0 Å². The molecule has 0 aliphatic carbocycles. The van der Waals surface area contributed by atoms with Gasteiger partial charge in [-0.3, -0.25) is 0 Å². The number of rotatable bonds is 6. The molecule has 1 atom stereocenters. The van der Waals surface area contributed by atoms with E-state index in [0.717, 1.165) is 17.9 Å². The van der Waals surface area contributed by atoms with Gasteiger partial charge in [0.25, 0.3) is 0 Å². The van der Waals surface area contributed by atoms with Gasteiger partial charge in [-0.05, 0) is 32.1 Å². The molecule has 0 aliphatic rings. The lowest BCUT2D eigenvalue weighted by Gasteiger charge is -2.17. The average Bonchev–Trinajstić information content (AvgIpc) is 1.97. The van der Waals surface area contributed by atoms with Crippen molar-refractivity contribution >= 4 is 15.9 Å². The Labute approximate surface area is 85.0 Å². The fraction of sp³-hybridized carbons (Fsp3) is 1.00. The van der Waals surface area contributed by atoms with E-state index in [2.05, 4.69) is 43.6 Å². The van der Waals surface area contributed by atoms with Crippen molar-refractivity contribution in [3.05, 3.63) is 0 Å². The number of ether oxygens (including phenoxy) is 1. The second-order valence-corrected chi connectivity index (χ2v) is 4.68. The summed E-state index contributed by atoms with van der Waals surface area (Å²) in [6.45, 7) is 9.57. The van der Waals surface area contributed by atoms with Gasteiger partial charge in [-0.25, -0.2) is 0 Å². The molecule has 0 rings (SSSR count). The Balaban J connectivity index is 3.53. The number of hydrogen-bond donors (Lipinski definition) is 0. The second-order valence-electron chi connectivity index (χ2n) is 4.03. The summed E-state index contributed by atoms with van der Waals surface area (Å²) >= 11 is 3.51. The molecule has 0 saturated heterocycles. The fourth-order valence-corrected chi connectivity index (χ4v) is 1.62. The molecule has 1 unspecified atom stereocenters. The van der Waals surface area contributed by atoms with Crippen LogP contribution in [-0.4, -0.2) is 18.0 Å². The number of alkyl halides is 1. The van der Waals surface area contributed by atoms with Gasteiger partial charge in [-0.15, -0.1) is 0 Å². The Kier molecular flexibility index (Phi) is 7.16. The van der Waals surface area contributed by atoms with Crippen LogP contribution in [0.3, 0.4) is 0 Å². The van der Waals surface area contributed by atoms with Crippen LogP contribution in [-0.2, 0) is 4.74 Å². The van der Waals surface area contributed by atoms with E-state index in [-0.39, 0.29) is 0 Å². The second kappa shape index (κ2) is 6.90. The summed E-state index contributed by atoms with van der Waals surface area (Å²) in [5.41, 5.74) is 0. The third kappa shape index (κ3) is 7.11. The zero-order chi connectivity index (χ0) is 9.56. The molecule has 2 heteroatoms. The van der Waals surface area contributed by atoms with E-state index >= 15 is 0 Å². The standard InChI is InChI=1S/C10H21BrO/c1-8(2)5-10(6-11)7-12-9(3)4/h8-10H,5-7H2,1-4H3. The molecule has 0 saturated carbocycles. The smallest absolute Gasteiger partial charge is 0.0519 e. The van der Waals surface area contributed by atoms with E-state index in [1.807, 2.05) is 0 Å². The van der Waals surface area contributed by atoms with Crippen molar-refractivity contribution in [3.8, 4) is 0 Å². The Morgan fingerprint density at radius 3 is 2.08 bits per heavy atom. The number of hydrogen-bond acceptors (Lipinski definition) is 1. The van der Waals surface area contributed by atoms with Crippen molar-refractivity contribution in [1.82, 2.24) is 0 Å². The van der Waals surface area contributed by atoms with Gasteiger partial charge in [-0.1, -0.05) is 29.8 Å². The topological polar surface area (TPSA) is 9.23 Å². The molecule has 0 heterocycles. The molecule has 0 spiro atoms. The lowest BCUT2D eigenvalue weighted by molar-refractivity contribution is 0.0519. The molecule has 74 valence electrons. The first-order valence-electron chi connectivity index (χ1n) is 4.73. The van der Waals surface area contributed by atoms with Gasteiger partial charge in [0.15, 0.2) is 0 Å². The molecule has 0 bridgehead atoms. The first kappa shape index (κ1) is 12.4. The molecular formula is C10H21BrO. The Morgan fingerprint density at radius 1 is 1.17 bits per heavy atom. The van der Waals surface area contributed by atoms with Crippen molar-refractivity contribution in [2.24, 2.45) is 11.8 Å². The van der Waals surface area contributed by atoms with Gasteiger partial charge in [0.05, 0.1) is 12.7 Å². The molecule has 0 aromatic carbocycles. The first-order chi connectivity index (χ1) is 5.56. The fourth-order valence-electron chi connectivity index (χ4n) is 1.17. The molecule has 0 fully saturated rings. The highest BCUT2D eigenvalue weighted by Gasteiger charge is 2.10. The largest absolute Gasteiger partial charge is 0.378 e. The summed E-state index contributed by atoms with van der Waals surface area (Å²) in [7, 11) is 0. The van der Waals surface area contributed by atoms with E-state index < -0.39 is 0 Å². The lowest BCUT2D eigenvalue weighted by Crippen LogP contribution is -2.16. The maximum atomic E-state index is 5.57. The van der Waals surface area contributed by atoms with Crippen molar-refractivity contribution < 1.29 is 4.74 Å². The predicted molar refractivity (Wildman–Crippen MR) is 57.8 cm³/mol. The Morgan fingerprint density at radius 2 is 1.75 bits per heavy atom. The zero-order valence-corrected chi connectivity index (χ0v) is 10.2. The monoisotopic (exact) mass is 236 g/mol. The predicted octanol–water partition coefficient (Wildman–Crippen LogP) is 3.47. The van der Waals surface area contributed by atoms with Gasteiger partial charge in [-0.2, -0.15) is 0 Å². The maximum Gasteiger partial charge on any atom is 0.0519 e. The summed E-state index contributed by atoms with van der Waals surface area (Å²) in [4.78, 5) is 0. The molecule has 0 aromatic rings. The third-order valence-corrected chi connectivity index (χ3v) is 2.60. The molecule has 0 aromatic heterocycles. The molecule has 12 heavy (non-hydrogen) atoms.